The molecule has 1 aliphatic carbocycles. The molecule has 38 heavy (non-hydrogen) atoms. The number of aliphatic carboxylic acids is 1. The molecule has 0 unspecified atom stereocenters. The molecule has 0 bridgehead atoms. The fraction of sp³-hybridized carbons (Fsp3) is 0.419. The van der Waals surface area contributed by atoms with Gasteiger partial charge in [0, 0.05) is 34.0 Å². The van der Waals surface area contributed by atoms with Crippen molar-refractivity contribution in [3.63, 3.8) is 0 Å². The van der Waals surface area contributed by atoms with E-state index in [1.54, 1.807) is 11.5 Å². The van der Waals surface area contributed by atoms with Crippen LogP contribution in [0.25, 0.3) is 21.5 Å². The van der Waals surface area contributed by atoms with Gasteiger partial charge in [-0.15, -0.1) is 11.3 Å². The Bertz CT molecular complexity index is 1410. The van der Waals surface area contributed by atoms with Gasteiger partial charge >= 0.3 is 5.97 Å². The van der Waals surface area contributed by atoms with Crippen molar-refractivity contribution in [2.75, 3.05) is 13.2 Å². The molecule has 0 amide bonds. The largest absolute Gasteiger partial charge is 0.493 e. The number of aryl methyl sites for hydroxylation is 4. The highest BCUT2D eigenvalue weighted by atomic mass is 32.1. The van der Waals surface area contributed by atoms with Gasteiger partial charge in [0.15, 0.2) is 0 Å². The summed E-state index contributed by atoms with van der Waals surface area (Å²) < 4.78 is 14.0. The van der Waals surface area contributed by atoms with Crippen molar-refractivity contribution >= 4 is 28.2 Å². The molecule has 6 nitrogen and oxygen atoms in total. The quantitative estimate of drug-likeness (QED) is 0.204. The molecule has 0 saturated carbocycles. The summed E-state index contributed by atoms with van der Waals surface area (Å²) in [5.74, 6) is 0.882. The summed E-state index contributed by atoms with van der Waals surface area (Å²) in [6, 6.07) is 11.7. The summed E-state index contributed by atoms with van der Waals surface area (Å²) in [6.45, 7) is 7.00. The second-order valence-electron chi connectivity index (χ2n) is 10.1. The first kappa shape index (κ1) is 26.3. The van der Waals surface area contributed by atoms with E-state index >= 15 is 0 Å². The minimum atomic E-state index is -0.846. The number of hydrogen-bond acceptors (Lipinski definition) is 5. The third-order valence-electron chi connectivity index (χ3n) is 7.27. The lowest BCUT2D eigenvalue weighted by atomic mass is 10.0. The highest BCUT2D eigenvalue weighted by Crippen LogP contribution is 2.35. The lowest BCUT2D eigenvalue weighted by Crippen LogP contribution is -2.14. The summed E-state index contributed by atoms with van der Waals surface area (Å²) in [7, 11) is 0. The number of benzene rings is 2. The average Bonchev–Trinajstić information content (AvgIpc) is 3.50. The Hall–Kier alpha value is -3.32. The van der Waals surface area contributed by atoms with E-state index in [-0.39, 0.29) is 0 Å². The number of carboxylic acid groups (broad SMARTS) is 1. The second kappa shape index (κ2) is 11.6. The number of ether oxygens (including phenoxy) is 2. The lowest BCUT2D eigenvalue weighted by Gasteiger charge is -2.13. The van der Waals surface area contributed by atoms with Crippen LogP contribution >= 0.6 is 11.3 Å². The van der Waals surface area contributed by atoms with Crippen LogP contribution < -0.4 is 9.47 Å². The van der Waals surface area contributed by atoms with Crippen LogP contribution in [0.1, 0.15) is 67.3 Å². The monoisotopic (exact) mass is 532 g/mol. The van der Waals surface area contributed by atoms with Crippen molar-refractivity contribution in [3.8, 4) is 22.1 Å². The Morgan fingerprint density at radius 1 is 1.13 bits per heavy atom. The smallest absolute Gasteiger partial charge is 0.326 e. The molecule has 5 rings (SSSR count). The molecule has 200 valence electrons. The highest BCUT2D eigenvalue weighted by molar-refractivity contribution is 7.15. The fourth-order valence-corrected chi connectivity index (χ4v) is 6.30. The Morgan fingerprint density at radius 2 is 1.95 bits per heavy atom. The third-order valence-corrected chi connectivity index (χ3v) is 8.47. The van der Waals surface area contributed by atoms with E-state index < -0.39 is 12.0 Å². The molecule has 0 aliphatic heterocycles. The molecule has 4 aromatic rings. The number of carboxylic acids is 1. The number of hydrogen-bond donors (Lipinski definition) is 1. The van der Waals surface area contributed by atoms with Crippen LogP contribution in [0, 0.1) is 6.92 Å². The molecule has 1 N–H and O–H groups in total. The van der Waals surface area contributed by atoms with Crippen LogP contribution in [0.15, 0.2) is 42.6 Å². The van der Waals surface area contributed by atoms with Crippen LogP contribution in [0.3, 0.4) is 0 Å². The zero-order chi connectivity index (χ0) is 26.6. The van der Waals surface area contributed by atoms with Crippen molar-refractivity contribution in [3.05, 3.63) is 64.3 Å². The number of thiazole rings is 1. The SMILES string of the molecule is CCCc1cc(-c2nc3c(s2)CCCC3)ccc1OCCCOc1ccc2c(c1)c(C)cn2[C@@H](C)C(=O)O. The Balaban J connectivity index is 1.18. The first-order chi connectivity index (χ1) is 18.4. The lowest BCUT2D eigenvalue weighted by molar-refractivity contribution is -0.140. The zero-order valence-electron chi connectivity index (χ0n) is 22.5. The predicted molar refractivity (Wildman–Crippen MR) is 153 cm³/mol. The van der Waals surface area contributed by atoms with Crippen molar-refractivity contribution in [2.24, 2.45) is 0 Å². The molecular weight excluding hydrogens is 496 g/mol. The summed E-state index contributed by atoms with van der Waals surface area (Å²) in [5.41, 5.74) is 5.67. The number of nitrogens with zero attached hydrogens (tertiary/aromatic N) is 2. The minimum Gasteiger partial charge on any atom is -0.493 e. The Morgan fingerprint density at radius 3 is 2.74 bits per heavy atom. The van der Waals surface area contributed by atoms with E-state index in [0.717, 1.165) is 58.7 Å². The van der Waals surface area contributed by atoms with Crippen LogP contribution in [0.5, 0.6) is 11.5 Å². The molecule has 0 saturated heterocycles. The summed E-state index contributed by atoms with van der Waals surface area (Å²) in [4.78, 5) is 17.8. The van der Waals surface area contributed by atoms with Gasteiger partial charge in [0.2, 0.25) is 0 Å². The molecule has 0 radical (unpaired) electrons. The molecule has 1 atom stereocenters. The maximum Gasteiger partial charge on any atom is 0.326 e. The van der Waals surface area contributed by atoms with E-state index in [1.807, 2.05) is 42.7 Å². The predicted octanol–water partition coefficient (Wildman–Crippen LogP) is 7.40. The summed E-state index contributed by atoms with van der Waals surface area (Å²) >= 11 is 1.85. The standard InChI is InChI=1S/C31H36N2O4S/c1-4-8-22-17-23(30-32-26-9-5-6-10-29(26)38-30)11-14-28(22)37-16-7-15-36-24-12-13-27-25(18-24)20(2)19-33(27)21(3)31(34)35/h11-14,17-19,21H,4-10,15-16H2,1-3H3,(H,34,35)/t21-/m0/s1. The van der Waals surface area contributed by atoms with Crippen molar-refractivity contribution in [1.82, 2.24) is 9.55 Å². The normalized spacial score (nSPS) is 13.9. The molecular formula is C31H36N2O4S. The second-order valence-corrected chi connectivity index (χ2v) is 11.2. The van der Waals surface area contributed by atoms with Crippen LogP contribution in [-0.4, -0.2) is 33.8 Å². The Labute approximate surface area is 228 Å². The van der Waals surface area contributed by atoms with Crippen molar-refractivity contribution in [2.45, 2.75) is 71.8 Å². The molecule has 1 aliphatic rings. The first-order valence-electron chi connectivity index (χ1n) is 13.7. The molecule has 7 heteroatoms. The van der Waals surface area contributed by atoms with Crippen LogP contribution in [-0.2, 0) is 24.1 Å². The number of carbonyl (C=O) groups is 1. The van der Waals surface area contributed by atoms with Crippen LogP contribution in [0.4, 0.5) is 0 Å². The van der Waals surface area contributed by atoms with E-state index in [1.165, 1.54) is 41.0 Å². The van der Waals surface area contributed by atoms with Crippen molar-refractivity contribution < 1.29 is 19.4 Å². The van der Waals surface area contributed by atoms with E-state index in [0.29, 0.717) is 13.2 Å². The van der Waals surface area contributed by atoms with Gasteiger partial charge in [-0.2, -0.15) is 0 Å². The maximum atomic E-state index is 11.4. The third kappa shape index (κ3) is 5.58. The average molecular weight is 533 g/mol. The van der Waals surface area contributed by atoms with Gasteiger partial charge in [-0.1, -0.05) is 13.3 Å². The fourth-order valence-electron chi connectivity index (χ4n) is 5.16. The van der Waals surface area contributed by atoms with Gasteiger partial charge in [-0.3, -0.25) is 0 Å². The van der Waals surface area contributed by atoms with Crippen LogP contribution in [0.2, 0.25) is 0 Å². The molecule has 0 fully saturated rings. The number of aromatic nitrogens is 2. The maximum absolute atomic E-state index is 11.4. The van der Waals surface area contributed by atoms with Gasteiger partial charge in [0.25, 0.3) is 0 Å². The zero-order valence-corrected chi connectivity index (χ0v) is 23.3. The minimum absolute atomic E-state index is 0.544. The summed E-state index contributed by atoms with van der Waals surface area (Å²) in [6.07, 6.45) is 9.50. The van der Waals surface area contributed by atoms with Gasteiger partial charge in [-0.05, 0) is 93.5 Å². The first-order valence-corrected chi connectivity index (χ1v) is 14.5. The Kier molecular flexibility index (Phi) is 8.03. The topological polar surface area (TPSA) is 73.6 Å². The molecule has 0 spiro atoms. The molecule has 2 heterocycles. The van der Waals surface area contributed by atoms with Crippen molar-refractivity contribution in [1.29, 1.82) is 0 Å². The number of rotatable bonds is 11. The summed E-state index contributed by atoms with van der Waals surface area (Å²) in [5, 5.41) is 11.5. The molecule has 2 aromatic heterocycles. The number of fused-ring (bicyclic) bond motifs is 2. The highest BCUT2D eigenvalue weighted by Gasteiger charge is 2.18. The van der Waals surface area contributed by atoms with Gasteiger partial charge in [0.1, 0.15) is 22.5 Å². The van der Waals surface area contributed by atoms with E-state index in [4.69, 9.17) is 14.5 Å². The van der Waals surface area contributed by atoms with E-state index in [2.05, 4.69) is 25.1 Å². The van der Waals surface area contributed by atoms with E-state index in [9.17, 15) is 9.90 Å². The molecule has 2 aromatic carbocycles. The van der Waals surface area contributed by atoms with Gasteiger partial charge in [0.05, 0.1) is 18.9 Å². The van der Waals surface area contributed by atoms with Gasteiger partial charge < -0.3 is 19.1 Å². The van der Waals surface area contributed by atoms with Gasteiger partial charge in [-0.25, -0.2) is 9.78 Å².